The standard InChI is InChI=1S/C10H19N3/c1-12-6-3-10(4-7-12)9-13(2)8-5-11/h10H,3-4,6-9H2,1-2H3. The van der Waals surface area contributed by atoms with E-state index in [1.165, 1.54) is 25.9 Å². The molecule has 0 N–H and O–H groups in total. The van der Waals surface area contributed by atoms with Crippen LogP contribution in [0.4, 0.5) is 0 Å². The topological polar surface area (TPSA) is 30.3 Å². The van der Waals surface area contributed by atoms with Crippen LogP contribution in [0.2, 0.25) is 0 Å². The van der Waals surface area contributed by atoms with Crippen molar-refractivity contribution in [2.45, 2.75) is 12.8 Å². The van der Waals surface area contributed by atoms with Crippen LogP contribution in [0.15, 0.2) is 0 Å². The molecule has 1 aliphatic rings. The Labute approximate surface area is 80.9 Å². The molecular formula is C10H19N3. The van der Waals surface area contributed by atoms with E-state index in [0.29, 0.717) is 6.54 Å². The van der Waals surface area contributed by atoms with Gasteiger partial charge >= 0.3 is 0 Å². The van der Waals surface area contributed by atoms with Crippen molar-refractivity contribution in [2.75, 3.05) is 40.3 Å². The zero-order valence-corrected chi connectivity index (χ0v) is 8.66. The first-order valence-corrected chi connectivity index (χ1v) is 4.96. The molecule has 74 valence electrons. The van der Waals surface area contributed by atoms with Crippen LogP contribution in [0.3, 0.4) is 0 Å². The van der Waals surface area contributed by atoms with E-state index >= 15 is 0 Å². The molecule has 3 heteroatoms. The minimum Gasteiger partial charge on any atom is -0.306 e. The Morgan fingerprint density at radius 1 is 1.46 bits per heavy atom. The van der Waals surface area contributed by atoms with Crippen molar-refractivity contribution in [1.82, 2.24) is 9.80 Å². The van der Waals surface area contributed by atoms with Crippen LogP contribution < -0.4 is 0 Å². The highest BCUT2D eigenvalue weighted by Crippen LogP contribution is 2.16. The maximum atomic E-state index is 8.51. The van der Waals surface area contributed by atoms with Gasteiger partial charge in [-0.05, 0) is 45.9 Å². The zero-order valence-electron chi connectivity index (χ0n) is 8.66. The summed E-state index contributed by atoms with van der Waals surface area (Å²) in [6.45, 7) is 4.07. The molecule has 1 aliphatic heterocycles. The fourth-order valence-corrected chi connectivity index (χ4v) is 1.87. The molecule has 0 spiro atoms. The average molecular weight is 181 g/mol. The molecule has 0 aromatic heterocycles. The molecule has 13 heavy (non-hydrogen) atoms. The Morgan fingerprint density at radius 3 is 2.62 bits per heavy atom. The van der Waals surface area contributed by atoms with Gasteiger partial charge in [0.05, 0.1) is 12.6 Å². The van der Waals surface area contributed by atoms with Gasteiger partial charge in [0.25, 0.3) is 0 Å². The molecule has 0 aromatic carbocycles. The molecule has 0 bridgehead atoms. The molecule has 1 rings (SSSR count). The number of rotatable bonds is 3. The van der Waals surface area contributed by atoms with E-state index in [2.05, 4.69) is 22.9 Å². The van der Waals surface area contributed by atoms with Crippen molar-refractivity contribution in [1.29, 1.82) is 5.26 Å². The second-order valence-electron chi connectivity index (χ2n) is 4.10. The zero-order chi connectivity index (χ0) is 9.68. The van der Waals surface area contributed by atoms with Crippen LogP contribution in [0.5, 0.6) is 0 Å². The van der Waals surface area contributed by atoms with Crippen molar-refractivity contribution in [2.24, 2.45) is 5.92 Å². The summed E-state index contributed by atoms with van der Waals surface area (Å²) in [5.74, 6) is 0.801. The highest BCUT2D eigenvalue weighted by Gasteiger charge is 2.17. The van der Waals surface area contributed by atoms with Crippen LogP contribution >= 0.6 is 0 Å². The smallest absolute Gasteiger partial charge is 0.0863 e. The van der Waals surface area contributed by atoms with E-state index in [-0.39, 0.29) is 0 Å². The highest BCUT2D eigenvalue weighted by molar-refractivity contribution is 4.78. The summed E-state index contributed by atoms with van der Waals surface area (Å²) in [7, 11) is 4.21. The van der Waals surface area contributed by atoms with Crippen LogP contribution in [0, 0.1) is 17.2 Å². The molecule has 0 atom stereocenters. The SMILES string of the molecule is CN1CCC(CN(C)CC#N)CC1. The van der Waals surface area contributed by atoms with E-state index in [0.717, 1.165) is 12.5 Å². The quantitative estimate of drug-likeness (QED) is 0.603. The van der Waals surface area contributed by atoms with Gasteiger partial charge in [0.1, 0.15) is 0 Å². The third-order valence-corrected chi connectivity index (χ3v) is 2.75. The van der Waals surface area contributed by atoms with Gasteiger partial charge < -0.3 is 4.90 Å². The van der Waals surface area contributed by atoms with Crippen molar-refractivity contribution in [3.05, 3.63) is 0 Å². The van der Waals surface area contributed by atoms with Gasteiger partial charge in [-0.15, -0.1) is 0 Å². The normalized spacial score (nSPS) is 20.5. The molecule has 1 fully saturated rings. The van der Waals surface area contributed by atoms with Gasteiger partial charge in [-0.2, -0.15) is 5.26 Å². The maximum absolute atomic E-state index is 8.51. The van der Waals surface area contributed by atoms with Crippen molar-refractivity contribution >= 4 is 0 Å². The molecule has 1 saturated heterocycles. The molecule has 3 nitrogen and oxygen atoms in total. The second-order valence-corrected chi connectivity index (χ2v) is 4.10. The predicted octanol–water partition coefficient (Wildman–Crippen LogP) is 0.784. The Hall–Kier alpha value is -0.590. The fraction of sp³-hybridized carbons (Fsp3) is 0.900. The highest BCUT2D eigenvalue weighted by atomic mass is 15.1. The number of hydrogen-bond donors (Lipinski definition) is 0. The molecule has 0 unspecified atom stereocenters. The van der Waals surface area contributed by atoms with Crippen LogP contribution in [0.25, 0.3) is 0 Å². The number of nitrogens with zero attached hydrogens (tertiary/aromatic N) is 3. The van der Waals surface area contributed by atoms with Crippen LogP contribution in [-0.4, -0.2) is 50.1 Å². The Bertz CT molecular complexity index is 177. The van der Waals surface area contributed by atoms with Gasteiger partial charge in [0.15, 0.2) is 0 Å². The maximum Gasteiger partial charge on any atom is 0.0863 e. The summed E-state index contributed by atoms with van der Waals surface area (Å²) in [4.78, 5) is 4.50. The lowest BCUT2D eigenvalue weighted by atomic mass is 9.97. The van der Waals surface area contributed by atoms with E-state index in [1.54, 1.807) is 0 Å². The first-order valence-electron chi connectivity index (χ1n) is 4.96. The Balaban J connectivity index is 2.19. The first-order chi connectivity index (χ1) is 6.22. The summed E-state index contributed by atoms with van der Waals surface area (Å²) >= 11 is 0. The molecule has 0 saturated carbocycles. The first kappa shape index (κ1) is 10.5. The van der Waals surface area contributed by atoms with E-state index in [9.17, 15) is 0 Å². The van der Waals surface area contributed by atoms with Crippen molar-refractivity contribution in [3.63, 3.8) is 0 Å². The minimum absolute atomic E-state index is 0.562. The number of likely N-dealkylation sites (tertiary alicyclic amines) is 1. The van der Waals surface area contributed by atoms with E-state index in [4.69, 9.17) is 5.26 Å². The third kappa shape index (κ3) is 3.75. The van der Waals surface area contributed by atoms with Gasteiger partial charge in [-0.1, -0.05) is 0 Å². The third-order valence-electron chi connectivity index (χ3n) is 2.75. The second kappa shape index (κ2) is 5.21. The van der Waals surface area contributed by atoms with Crippen molar-refractivity contribution < 1.29 is 0 Å². The molecule has 1 heterocycles. The minimum atomic E-state index is 0.562. The molecule has 0 amide bonds. The Kier molecular flexibility index (Phi) is 4.20. The van der Waals surface area contributed by atoms with Crippen LogP contribution in [-0.2, 0) is 0 Å². The molecule has 0 aromatic rings. The van der Waals surface area contributed by atoms with E-state index in [1.807, 2.05) is 7.05 Å². The largest absolute Gasteiger partial charge is 0.306 e. The number of piperidine rings is 1. The Morgan fingerprint density at radius 2 is 2.08 bits per heavy atom. The summed E-state index contributed by atoms with van der Waals surface area (Å²) in [6.07, 6.45) is 2.57. The molecule has 0 radical (unpaired) electrons. The van der Waals surface area contributed by atoms with Crippen LogP contribution in [0.1, 0.15) is 12.8 Å². The average Bonchev–Trinajstić information content (AvgIpc) is 2.09. The molecular weight excluding hydrogens is 162 g/mol. The summed E-state index contributed by atoms with van der Waals surface area (Å²) in [6, 6.07) is 2.18. The van der Waals surface area contributed by atoms with Crippen molar-refractivity contribution in [3.8, 4) is 6.07 Å². The van der Waals surface area contributed by atoms with Gasteiger partial charge in [-0.3, -0.25) is 4.90 Å². The van der Waals surface area contributed by atoms with E-state index < -0.39 is 0 Å². The molecule has 0 aliphatic carbocycles. The van der Waals surface area contributed by atoms with Gasteiger partial charge in [0.2, 0.25) is 0 Å². The lowest BCUT2D eigenvalue weighted by Crippen LogP contribution is -2.35. The summed E-state index contributed by atoms with van der Waals surface area (Å²) in [5, 5.41) is 8.51. The lowest BCUT2D eigenvalue weighted by molar-refractivity contribution is 0.183. The van der Waals surface area contributed by atoms with Gasteiger partial charge in [-0.25, -0.2) is 0 Å². The fourth-order valence-electron chi connectivity index (χ4n) is 1.87. The lowest BCUT2D eigenvalue weighted by Gasteiger charge is -2.30. The predicted molar refractivity (Wildman–Crippen MR) is 53.3 cm³/mol. The summed E-state index contributed by atoms with van der Waals surface area (Å²) < 4.78 is 0. The summed E-state index contributed by atoms with van der Waals surface area (Å²) in [5.41, 5.74) is 0. The number of nitriles is 1. The van der Waals surface area contributed by atoms with Gasteiger partial charge in [0, 0.05) is 6.54 Å². The monoisotopic (exact) mass is 181 g/mol. The number of hydrogen-bond acceptors (Lipinski definition) is 3.